The molecule has 1 saturated carbocycles. The van der Waals surface area contributed by atoms with Crippen molar-refractivity contribution < 1.29 is 0 Å². The average molecular weight is 266 g/mol. The quantitative estimate of drug-likeness (QED) is 0.838. The fraction of sp³-hybridized carbons (Fsp3) is 1.00. The SMILES string of the molecule is CC1CCCC(NC2CCCN(C(C)C)CC2)C1C. The van der Waals surface area contributed by atoms with E-state index in [0.29, 0.717) is 6.04 Å². The second-order valence-electron chi connectivity index (χ2n) is 7.30. The second kappa shape index (κ2) is 7.08. The van der Waals surface area contributed by atoms with Gasteiger partial charge in [0, 0.05) is 18.1 Å². The lowest BCUT2D eigenvalue weighted by atomic mass is 9.77. The van der Waals surface area contributed by atoms with Crippen LogP contribution in [0.25, 0.3) is 0 Å². The Bertz CT molecular complexity index is 264. The summed E-state index contributed by atoms with van der Waals surface area (Å²) in [5.41, 5.74) is 0. The van der Waals surface area contributed by atoms with Crippen LogP contribution in [0.1, 0.15) is 66.2 Å². The van der Waals surface area contributed by atoms with Gasteiger partial charge in [-0.05, 0) is 64.5 Å². The molecule has 2 nitrogen and oxygen atoms in total. The molecule has 0 bridgehead atoms. The van der Waals surface area contributed by atoms with Gasteiger partial charge in [-0.15, -0.1) is 0 Å². The van der Waals surface area contributed by atoms with E-state index < -0.39 is 0 Å². The summed E-state index contributed by atoms with van der Waals surface area (Å²) in [6.45, 7) is 12.1. The van der Waals surface area contributed by atoms with Gasteiger partial charge < -0.3 is 10.2 Å². The topological polar surface area (TPSA) is 15.3 Å². The maximum Gasteiger partial charge on any atom is 0.00978 e. The van der Waals surface area contributed by atoms with E-state index in [-0.39, 0.29) is 0 Å². The van der Waals surface area contributed by atoms with Crippen molar-refractivity contribution in [2.24, 2.45) is 11.8 Å². The molecule has 1 saturated heterocycles. The number of likely N-dealkylation sites (tertiary alicyclic amines) is 1. The zero-order valence-corrected chi connectivity index (χ0v) is 13.5. The molecule has 4 unspecified atom stereocenters. The van der Waals surface area contributed by atoms with Crippen molar-refractivity contribution in [2.45, 2.75) is 84.3 Å². The Morgan fingerprint density at radius 3 is 2.47 bits per heavy atom. The lowest BCUT2D eigenvalue weighted by molar-refractivity contribution is 0.186. The highest BCUT2D eigenvalue weighted by Crippen LogP contribution is 2.30. The molecule has 19 heavy (non-hydrogen) atoms. The van der Waals surface area contributed by atoms with Crippen LogP contribution in [-0.2, 0) is 0 Å². The Morgan fingerprint density at radius 1 is 0.947 bits per heavy atom. The molecule has 2 rings (SSSR count). The molecule has 0 aromatic heterocycles. The number of hydrogen-bond donors (Lipinski definition) is 1. The van der Waals surface area contributed by atoms with Crippen LogP contribution in [0.4, 0.5) is 0 Å². The number of hydrogen-bond acceptors (Lipinski definition) is 2. The summed E-state index contributed by atoms with van der Waals surface area (Å²) in [7, 11) is 0. The van der Waals surface area contributed by atoms with Gasteiger partial charge in [-0.3, -0.25) is 0 Å². The number of nitrogens with one attached hydrogen (secondary N) is 1. The van der Waals surface area contributed by atoms with Gasteiger partial charge in [0.1, 0.15) is 0 Å². The van der Waals surface area contributed by atoms with Crippen LogP contribution >= 0.6 is 0 Å². The molecule has 1 N–H and O–H groups in total. The summed E-state index contributed by atoms with van der Waals surface area (Å²) in [4.78, 5) is 2.65. The fourth-order valence-electron chi connectivity index (χ4n) is 3.92. The molecular weight excluding hydrogens is 232 g/mol. The molecule has 4 atom stereocenters. The van der Waals surface area contributed by atoms with Crippen LogP contribution in [0.5, 0.6) is 0 Å². The first-order valence-corrected chi connectivity index (χ1v) is 8.58. The standard InChI is InChI=1S/C17H34N2/c1-13(2)19-11-6-8-16(10-12-19)18-17-9-5-7-14(3)15(17)4/h13-18H,5-12H2,1-4H3. The van der Waals surface area contributed by atoms with Crippen molar-refractivity contribution >= 4 is 0 Å². The minimum atomic E-state index is 0.715. The predicted molar refractivity (Wildman–Crippen MR) is 83.5 cm³/mol. The van der Waals surface area contributed by atoms with Crippen LogP contribution in [0.2, 0.25) is 0 Å². The van der Waals surface area contributed by atoms with Gasteiger partial charge in [0.25, 0.3) is 0 Å². The Labute approximate surface area is 120 Å². The molecule has 0 spiro atoms. The first kappa shape index (κ1) is 15.3. The molecule has 1 aliphatic heterocycles. The van der Waals surface area contributed by atoms with E-state index in [1.54, 1.807) is 0 Å². The van der Waals surface area contributed by atoms with Crippen molar-refractivity contribution in [3.63, 3.8) is 0 Å². The summed E-state index contributed by atoms with van der Waals surface area (Å²) < 4.78 is 0. The van der Waals surface area contributed by atoms with Crippen LogP contribution in [0.15, 0.2) is 0 Å². The van der Waals surface area contributed by atoms with Crippen LogP contribution in [0.3, 0.4) is 0 Å². The molecule has 112 valence electrons. The first-order valence-electron chi connectivity index (χ1n) is 8.58. The maximum absolute atomic E-state index is 4.01. The predicted octanol–water partition coefficient (Wildman–Crippen LogP) is 3.66. The highest BCUT2D eigenvalue weighted by Gasteiger charge is 2.29. The van der Waals surface area contributed by atoms with Gasteiger partial charge in [0.15, 0.2) is 0 Å². The minimum absolute atomic E-state index is 0.715. The fourth-order valence-corrected chi connectivity index (χ4v) is 3.92. The van der Waals surface area contributed by atoms with Gasteiger partial charge in [-0.25, -0.2) is 0 Å². The Balaban J connectivity index is 1.82. The first-order chi connectivity index (χ1) is 9.08. The third-order valence-electron chi connectivity index (χ3n) is 5.65. The van der Waals surface area contributed by atoms with E-state index in [1.165, 1.54) is 51.6 Å². The Kier molecular flexibility index (Phi) is 5.70. The maximum atomic E-state index is 4.01. The molecular formula is C17H34N2. The molecule has 1 aliphatic carbocycles. The van der Waals surface area contributed by atoms with Gasteiger partial charge >= 0.3 is 0 Å². The van der Waals surface area contributed by atoms with Crippen molar-refractivity contribution in [3.05, 3.63) is 0 Å². The van der Waals surface area contributed by atoms with E-state index in [2.05, 4.69) is 37.9 Å². The third-order valence-corrected chi connectivity index (χ3v) is 5.65. The molecule has 0 amide bonds. The highest BCUT2D eigenvalue weighted by atomic mass is 15.2. The third kappa shape index (κ3) is 4.19. The number of rotatable bonds is 3. The lowest BCUT2D eigenvalue weighted by Gasteiger charge is -2.37. The summed E-state index contributed by atoms with van der Waals surface area (Å²) in [6.07, 6.45) is 8.35. The zero-order valence-electron chi connectivity index (χ0n) is 13.5. The molecule has 0 aromatic carbocycles. The molecule has 2 aliphatic rings. The average Bonchev–Trinajstić information content (AvgIpc) is 2.60. The largest absolute Gasteiger partial charge is 0.311 e. The van der Waals surface area contributed by atoms with Gasteiger partial charge in [0.05, 0.1) is 0 Å². The van der Waals surface area contributed by atoms with Crippen LogP contribution in [0, 0.1) is 11.8 Å². The van der Waals surface area contributed by atoms with Gasteiger partial charge in [0.2, 0.25) is 0 Å². The van der Waals surface area contributed by atoms with E-state index in [9.17, 15) is 0 Å². The van der Waals surface area contributed by atoms with E-state index in [4.69, 9.17) is 0 Å². The van der Waals surface area contributed by atoms with Gasteiger partial charge in [-0.1, -0.05) is 26.7 Å². The highest BCUT2D eigenvalue weighted by molar-refractivity contribution is 4.86. The van der Waals surface area contributed by atoms with Gasteiger partial charge in [-0.2, -0.15) is 0 Å². The Morgan fingerprint density at radius 2 is 1.74 bits per heavy atom. The van der Waals surface area contributed by atoms with Crippen molar-refractivity contribution in [3.8, 4) is 0 Å². The number of nitrogens with zero attached hydrogens (tertiary/aromatic N) is 1. The van der Waals surface area contributed by atoms with Crippen LogP contribution < -0.4 is 5.32 Å². The zero-order chi connectivity index (χ0) is 13.8. The minimum Gasteiger partial charge on any atom is -0.311 e. The molecule has 2 heteroatoms. The summed E-state index contributed by atoms with van der Waals surface area (Å²) in [6, 6.07) is 2.26. The Hall–Kier alpha value is -0.0800. The van der Waals surface area contributed by atoms with Crippen LogP contribution in [-0.4, -0.2) is 36.1 Å². The smallest absolute Gasteiger partial charge is 0.00978 e. The second-order valence-corrected chi connectivity index (χ2v) is 7.30. The van der Waals surface area contributed by atoms with Crippen molar-refractivity contribution in [2.75, 3.05) is 13.1 Å². The molecule has 2 fully saturated rings. The normalized spacial score (nSPS) is 38.4. The molecule has 0 radical (unpaired) electrons. The van der Waals surface area contributed by atoms with Crippen molar-refractivity contribution in [1.82, 2.24) is 10.2 Å². The van der Waals surface area contributed by atoms with Crippen molar-refractivity contribution in [1.29, 1.82) is 0 Å². The van der Waals surface area contributed by atoms with E-state index >= 15 is 0 Å². The molecule has 0 aromatic rings. The van der Waals surface area contributed by atoms with E-state index in [0.717, 1.165) is 23.9 Å². The van der Waals surface area contributed by atoms with E-state index in [1.807, 2.05) is 0 Å². The monoisotopic (exact) mass is 266 g/mol. The lowest BCUT2D eigenvalue weighted by Crippen LogP contribution is -2.46. The summed E-state index contributed by atoms with van der Waals surface area (Å²) in [5, 5.41) is 4.01. The summed E-state index contributed by atoms with van der Waals surface area (Å²) in [5.74, 6) is 1.77. The summed E-state index contributed by atoms with van der Waals surface area (Å²) >= 11 is 0. The molecule has 1 heterocycles.